The van der Waals surface area contributed by atoms with Gasteiger partial charge in [0, 0.05) is 18.3 Å². The molecule has 0 aliphatic heterocycles. The predicted octanol–water partition coefficient (Wildman–Crippen LogP) is 6.09. The summed E-state index contributed by atoms with van der Waals surface area (Å²) in [5, 5.41) is 21.0. The Bertz CT molecular complexity index is 1300. The number of aliphatic imine (C=N–C) groups is 1. The van der Waals surface area contributed by atoms with Gasteiger partial charge in [0.15, 0.2) is 5.58 Å². The van der Waals surface area contributed by atoms with Crippen molar-refractivity contribution < 1.29 is 14.4 Å². The summed E-state index contributed by atoms with van der Waals surface area (Å²) in [5.41, 5.74) is 4.52. The van der Waals surface area contributed by atoms with Crippen LogP contribution in [0.4, 0.5) is 11.4 Å². The standard InChI is InChI=1S/C24H19N3O4/c1-2-16-7-12-23-21(14-16)26-24(31-23)20-15-18(8-11-22(20)28)25-13-3-4-17-5-9-19(10-6-17)27(29)30/h3-15,28H,2H2,1H3. The molecule has 0 aliphatic rings. The minimum absolute atomic E-state index is 0.0487. The molecule has 3 aromatic carbocycles. The number of aromatic nitrogens is 1. The van der Waals surface area contributed by atoms with E-state index in [1.54, 1.807) is 48.7 Å². The van der Waals surface area contributed by atoms with Crippen LogP contribution in [0, 0.1) is 10.1 Å². The van der Waals surface area contributed by atoms with Crippen molar-refractivity contribution in [3.63, 3.8) is 0 Å². The first-order chi connectivity index (χ1) is 15.0. The molecule has 0 aliphatic carbocycles. The lowest BCUT2D eigenvalue weighted by atomic mass is 10.1. The fourth-order valence-electron chi connectivity index (χ4n) is 3.07. The topological polar surface area (TPSA) is 102 Å². The van der Waals surface area contributed by atoms with Gasteiger partial charge in [-0.1, -0.05) is 19.1 Å². The maximum atomic E-state index is 10.7. The summed E-state index contributed by atoms with van der Waals surface area (Å²) in [7, 11) is 0. The molecule has 4 aromatic rings. The van der Waals surface area contributed by atoms with Crippen LogP contribution in [0.3, 0.4) is 0 Å². The molecular weight excluding hydrogens is 394 g/mol. The zero-order valence-electron chi connectivity index (χ0n) is 16.7. The van der Waals surface area contributed by atoms with E-state index >= 15 is 0 Å². The van der Waals surface area contributed by atoms with Gasteiger partial charge in [-0.05, 0) is 66.1 Å². The van der Waals surface area contributed by atoms with Crippen molar-refractivity contribution in [2.45, 2.75) is 13.3 Å². The van der Waals surface area contributed by atoms with Gasteiger partial charge in [0.25, 0.3) is 5.69 Å². The Morgan fingerprint density at radius 2 is 1.94 bits per heavy atom. The molecule has 0 atom stereocenters. The molecule has 0 saturated carbocycles. The van der Waals surface area contributed by atoms with E-state index in [0.29, 0.717) is 22.7 Å². The van der Waals surface area contributed by atoms with Gasteiger partial charge in [0.1, 0.15) is 11.3 Å². The van der Waals surface area contributed by atoms with E-state index < -0.39 is 4.92 Å². The van der Waals surface area contributed by atoms with Crippen molar-refractivity contribution in [3.05, 3.63) is 88.0 Å². The maximum Gasteiger partial charge on any atom is 0.269 e. The number of oxazole rings is 1. The van der Waals surface area contributed by atoms with Crippen molar-refractivity contribution >= 4 is 34.8 Å². The van der Waals surface area contributed by atoms with Crippen LogP contribution in [0.5, 0.6) is 5.75 Å². The number of aromatic hydroxyl groups is 1. The second-order valence-corrected chi connectivity index (χ2v) is 6.86. The number of phenols is 1. The van der Waals surface area contributed by atoms with Gasteiger partial charge in [0.05, 0.1) is 16.2 Å². The number of non-ortho nitro benzene ring substituents is 1. The Morgan fingerprint density at radius 3 is 2.68 bits per heavy atom. The highest BCUT2D eigenvalue weighted by molar-refractivity contribution is 5.82. The van der Waals surface area contributed by atoms with E-state index in [9.17, 15) is 15.2 Å². The number of rotatable bonds is 6. The number of phenolic OH excluding ortho intramolecular Hbond substituents is 1. The molecule has 0 radical (unpaired) electrons. The largest absolute Gasteiger partial charge is 0.507 e. The second kappa shape index (κ2) is 8.62. The quantitative estimate of drug-likeness (QED) is 0.234. The number of nitrogens with zero attached hydrogens (tertiary/aromatic N) is 3. The zero-order valence-corrected chi connectivity index (χ0v) is 16.7. The Hall–Kier alpha value is -4.26. The average molecular weight is 413 g/mol. The van der Waals surface area contributed by atoms with Gasteiger partial charge in [-0.25, -0.2) is 4.98 Å². The van der Waals surface area contributed by atoms with Crippen molar-refractivity contribution in [2.24, 2.45) is 4.99 Å². The van der Waals surface area contributed by atoms with Crippen LogP contribution in [-0.4, -0.2) is 21.2 Å². The number of hydrogen-bond acceptors (Lipinski definition) is 6. The first-order valence-electron chi connectivity index (χ1n) is 9.71. The molecule has 0 fully saturated rings. The first-order valence-corrected chi connectivity index (χ1v) is 9.71. The Labute approximate surface area is 178 Å². The fourth-order valence-corrected chi connectivity index (χ4v) is 3.07. The summed E-state index contributed by atoms with van der Waals surface area (Å²) in [4.78, 5) is 19.2. The van der Waals surface area contributed by atoms with E-state index in [1.807, 2.05) is 18.2 Å². The monoisotopic (exact) mass is 413 g/mol. The molecule has 7 nitrogen and oxygen atoms in total. The Morgan fingerprint density at radius 1 is 1.13 bits per heavy atom. The van der Waals surface area contributed by atoms with E-state index in [2.05, 4.69) is 16.9 Å². The molecule has 1 heterocycles. The van der Waals surface area contributed by atoms with E-state index in [4.69, 9.17) is 4.42 Å². The highest BCUT2D eigenvalue weighted by atomic mass is 16.6. The molecule has 1 N–H and O–H groups in total. The lowest BCUT2D eigenvalue weighted by Gasteiger charge is -2.01. The first kappa shape index (κ1) is 20.0. The predicted molar refractivity (Wildman–Crippen MR) is 121 cm³/mol. The van der Waals surface area contributed by atoms with Gasteiger partial charge >= 0.3 is 0 Å². The molecule has 0 amide bonds. The van der Waals surface area contributed by atoms with Crippen LogP contribution < -0.4 is 0 Å². The van der Waals surface area contributed by atoms with E-state index in [-0.39, 0.29) is 11.4 Å². The van der Waals surface area contributed by atoms with Crippen LogP contribution in [0.2, 0.25) is 0 Å². The number of aryl methyl sites for hydroxylation is 1. The molecule has 0 unspecified atom stereocenters. The second-order valence-electron chi connectivity index (χ2n) is 6.86. The van der Waals surface area contributed by atoms with Crippen LogP contribution in [0.15, 0.2) is 76.1 Å². The maximum absolute atomic E-state index is 10.7. The van der Waals surface area contributed by atoms with Gasteiger partial charge < -0.3 is 9.52 Å². The SMILES string of the molecule is CCc1ccc2oc(-c3cc(N=CC=Cc4ccc([N+](=O)[O-])cc4)ccc3O)nc2c1. The number of nitro groups is 1. The molecule has 154 valence electrons. The van der Waals surface area contributed by atoms with Crippen molar-refractivity contribution in [3.8, 4) is 17.2 Å². The summed E-state index contributed by atoms with van der Waals surface area (Å²) in [6.07, 6.45) is 6.04. The molecule has 4 rings (SSSR count). The average Bonchev–Trinajstić information content (AvgIpc) is 3.21. The minimum atomic E-state index is -0.434. The molecule has 0 bridgehead atoms. The van der Waals surface area contributed by atoms with Crippen molar-refractivity contribution in [1.29, 1.82) is 0 Å². The number of hydrogen-bond donors (Lipinski definition) is 1. The number of allylic oxidation sites excluding steroid dienone is 1. The number of fused-ring (bicyclic) bond motifs is 1. The third-order valence-electron chi connectivity index (χ3n) is 4.77. The lowest BCUT2D eigenvalue weighted by molar-refractivity contribution is -0.384. The smallest absolute Gasteiger partial charge is 0.269 e. The molecule has 31 heavy (non-hydrogen) atoms. The Kier molecular flexibility index (Phi) is 5.57. The third kappa shape index (κ3) is 4.51. The fraction of sp³-hybridized carbons (Fsp3) is 0.0833. The van der Waals surface area contributed by atoms with Crippen LogP contribution in [0.1, 0.15) is 18.1 Å². The third-order valence-corrected chi connectivity index (χ3v) is 4.77. The summed E-state index contributed by atoms with van der Waals surface area (Å²) in [6.45, 7) is 2.07. The zero-order chi connectivity index (χ0) is 21.8. The lowest BCUT2D eigenvalue weighted by Crippen LogP contribution is -1.86. The van der Waals surface area contributed by atoms with Gasteiger partial charge in [-0.3, -0.25) is 15.1 Å². The van der Waals surface area contributed by atoms with E-state index in [1.165, 1.54) is 12.1 Å². The van der Waals surface area contributed by atoms with E-state index in [0.717, 1.165) is 23.1 Å². The minimum Gasteiger partial charge on any atom is -0.507 e. The summed E-state index contributed by atoms with van der Waals surface area (Å²) in [5.74, 6) is 0.391. The molecule has 0 saturated heterocycles. The van der Waals surface area contributed by atoms with Gasteiger partial charge in [-0.15, -0.1) is 0 Å². The van der Waals surface area contributed by atoms with Crippen LogP contribution in [-0.2, 0) is 6.42 Å². The van der Waals surface area contributed by atoms with Gasteiger partial charge in [-0.2, -0.15) is 0 Å². The number of benzene rings is 3. The summed E-state index contributed by atoms with van der Waals surface area (Å²) < 4.78 is 5.81. The van der Waals surface area contributed by atoms with Crippen LogP contribution >= 0.6 is 0 Å². The van der Waals surface area contributed by atoms with Crippen molar-refractivity contribution in [1.82, 2.24) is 4.98 Å². The molecular formula is C24H19N3O4. The summed E-state index contributed by atoms with van der Waals surface area (Å²) >= 11 is 0. The normalized spacial score (nSPS) is 11.6. The van der Waals surface area contributed by atoms with Crippen LogP contribution in [0.25, 0.3) is 28.6 Å². The molecule has 7 heteroatoms. The summed E-state index contributed by atoms with van der Waals surface area (Å²) in [6, 6.07) is 17.0. The number of nitro benzene ring substituents is 1. The molecule has 1 aromatic heterocycles. The highest BCUT2D eigenvalue weighted by Crippen LogP contribution is 2.34. The highest BCUT2D eigenvalue weighted by Gasteiger charge is 2.13. The van der Waals surface area contributed by atoms with Gasteiger partial charge in [0.2, 0.25) is 5.89 Å². The Balaban J connectivity index is 1.54. The molecule has 0 spiro atoms. The van der Waals surface area contributed by atoms with Crippen molar-refractivity contribution in [2.75, 3.05) is 0 Å².